The number of nitrogens with one attached hydrogen (secondary N) is 1. The van der Waals surface area contributed by atoms with Gasteiger partial charge in [0.25, 0.3) is 5.69 Å². The Morgan fingerprint density at radius 2 is 1.91 bits per heavy atom. The molecule has 0 spiro atoms. The molecule has 0 atom stereocenters. The molecule has 0 aliphatic heterocycles. The lowest BCUT2D eigenvalue weighted by Gasteiger charge is -2.09. The van der Waals surface area contributed by atoms with Crippen LogP contribution in [0, 0.1) is 21.4 Å². The van der Waals surface area contributed by atoms with E-state index in [1.165, 1.54) is 25.3 Å². The van der Waals surface area contributed by atoms with Gasteiger partial charge >= 0.3 is 0 Å². The number of carbonyl (C=O) groups excluding carboxylic acids is 1. The summed E-state index contributed by atoms with van der Waals surface area (Å²) < 4.78 is 10.4. The lowest BCUT2D eigenvalue weighted by atomic mass is 10.1. The quantitative estimate of drug-likeness (QED) is 0.275. The predicted octanol–water partition coefficient (Wildman–Crippen LogP) is 4.67. The fourth-order valence-electron chi connectivity index (χ4n) is 2.90. The topological polar surface area (TPSA) is 127 Å². The van der Waals surface area contributed by atoms with Crippen molar-refractivity contribution in [3.63, 3.8) is 0 Å². The number of amides is 1. The van der Waals surface area contributed by atoms with Crippen LogP contribution in [-0.4, -0.2) is 35.3 Å². The minimum atomic E-state index is -0.596. The van der Waals surface area contributed by atoms with E-state index in [0.717, 1.165) is 23.1 Å². The van der Waals surface area contributed by atoms with Gasteiger partial charge in [-0.2, -0.15) is 5.26 Å². The van der Waals surface area contributed by atoms with Crippen molar-refractivity contribution < 1.29 is 19.2 Å². The lowest BCUT2D eigenvalue weighted by molar-refractivity contribution is -0.384. The molecule has 168 valence electrons. The van der Waals surface area contributed by atoms with Crippen LogP contribution in [0.5, 0.6) is 11.5 Å². The third-order valence-electron chi connectivity index (χ3n) is 4.46. The molecule has 3 aromatic rings. The largest absolute Gasteiger partial charge is 0.496 e. The standard InChI is InChI=1S/C23H20N4O5S/c1-3-32-17-7-4-15(5-8-17)19-10-6-16(13-24)23(26-19)33-14-22(28)25-20-11-9-18(31-2)12-21(20)27(29)30/h4-12H,3,14H2,1-2H3,(H,25,28). The number of pyridine rings is 1. The lowest BCUT2D eigenvalue weighted by Crippen LogP contribution is -2.15. The first kappa shape index (κ1) is 23.6. The summed E-state index contributed by atoms with van der Waals surface area (Å²) in [4.78, 5) is 27.7. The first-order chi connectivity index (χ1) is 15.9. The van der Waals surface area contributed by atoms with Crippen LogP contribution < -0.4 is 14.8 Å². The van der Waals surface area contributed by atoms with Crippen molar-refractivity contribution in [2.45, 2.75) is 11.9 Å². The molecule has 0 saturated carbocycles. The zero-order valence-corrected chi connectivity index (χ0v) is 18.7. The van der Waals surface area contributed by atoms with Gasteiger partial charge in [-0.05, 0) is 55.5 Å². The molecule has 0 radical (unpaired) electrons. The molecule has 0 aliphatic rings. The van der Waals surface area contributed by atoms with Crippen LogP contribution in [0.15, 0.2) is 59.6 Å². The zero-order valence-electron chi connectivity index (χ0n) is 17.9. The number of carbonyl (C=O) groups is 1. The van der Waals surface area contributed by atoms with Crippen LogP contribution >= 0.6 is 11.8 Å². The number of nitriles is 1. The Morgan fingerprint density at radius 1 is 1.18 bits per heavy atom. The third kappa shape index (κ3) is 5.99. The molecule has 0 unspecified atom stereocenters. The van der Waals surface area contributed by atoms with Crippen LogP contribution in [0.25, 0.3) is 11.3 Å². The van der Waals surface area contributed by atoms with Gasteiger partial charge < -0.3 is 14.8 Å². The first-order valence-electron chi connectivity index (χ1n) is 9.84. The molecule has 0 fully saturated rings. The van der Waals surface area contributed by atoms with Gasteiger partial charge in [0.1, 0.15) is 28.3 Å². The van der Waals surface area contributed by atoms with E-state index in [1.54, 1.807) is 12.1 Å². The number of nitrogens with zero attached hydrogens (tertiary/aromatic N) is 3. The molecule has 0 bridgehead atoms. The first-order valence-corrected chi connectivity index (χ1v) is 10.8. The summed E-state index contributed by atoms with van der Waals surface area (Å²) in [5.74, 6) is 0.500. The molecule has 1 aromatic heterocycles. The maximum absolute atomic E-state index is 12.5. The highest BCUT2D eigenvalue weighted by atomic mass is 32.2. The minimum absolute atomic E-state index is 0.0583. The molecule has 1 N–H and O–H groups in total. The number of anilines is 1. The van der Waals surface area contributed by atoms with Gasteiger partial charge in [-0.15, -0.1) is 0 Å². The van der Waals surface area contributed by atoms with Crippen LogP contribution in [-0.2, 0) is 4.79 Å². The van der Waals surface area contributed by atoms with Crippen molar-refractivity contribution in [3.05, 3.63) is 70.3 Å². The number of thioether (sulfide) groups is 1. The molecule has 33 heavy (non-hydrogen) atoms. The Balaban J connectivity index is 1.74. The average molecular weight is 465 g/mol. The van der Waals surface area contributed by atoms with Crippen LogP contribution in [0.2, 0.25) is 0 Å². The summed E-state index contributed by atoms with van der Waals surface area (Å²) in [5, 5.41) is 23.6. The number of rotatable bonds is 9. The van der Waals surface area contributed by atoms with Crippen molar-refractivity contribution in [1.29, 1.82) is 5.26 Å². The number of methoxy groups -OCH3 is 1. The van der Waals surface area contributed by atoms with Crippen molar-refractivity contribution in [1.82, 2.24) is 4.98 Å². The van der Waals surface area contributed by atoms with E-state index in [2.05, 4.69) is 16.4 Å². The van der Waals surface area contributed by atoms with Crippen LogP contribution in [0.3, 0.4) is 0 Å². The van der Waals surface area contributed by atoms with Gasteiger partial charge in [0.2, 0.25) is 5.91 Å². The second-order valence-corrected chi connectivity index (χ2v) is 7.56. The highest BCUT2D eigenvalue weighted by Crippen LogP contribution is 2.30. The van der Waals surface area contributed by atoms with Gasteiger partial charge in [-0.3, -0.25) is 14.9 Å². The minimum Gasteiger partial charge on any atom is -0.496 e. The molecule has 3 rings (SSSR count). The van der Waals surface area contributed by atoms with Crippen LogP contribution in [0.1, 0.15) is 12.5 Å². The fraction of sp³-hybridized carbons (Fsp3) is 0.174. The summed E-state index contributed by atoms with van der Waals surface area (Å²) in [5.41, 5.74) is 1.59. The zero-order chi connectivity index (χ0) is 23.8. The predicted molar refractivity (Wildman–Crippen MR) is 125 cm³/mol. The van der Waals surface area contributed by atoms with Gasteiger partial charge in [0, 0.05) is 5.56 Å². The highest BCUT2D eigenvalue weighted by Gasteiger charge is 2.18. The number of nitro benzene ring substituents is 1. The normalized spacial score (nSPS) is 10.2. The van der Waals surface area contributed by atoms with Gasteiger partial charge in [-0.25, -0.2) is 4.98 Å². The van der Waals surface area contributed by atoms with Crippen LogP contribution in [0.4, 0.5) is 11.4 Å². The number of benzene rings is 2. The molecule has 1 amide bonds. The Kier molecular flexibility index (Phi) is 7.83. The third-order valence-corrected chi connectivity index (χ3v) is 5.45. The Morgan fingerprint density at radius 3 is 2.55 bits per heavy atom. The van der Waals surface area contributed by atoms with E-state index in [0.29, 0.717) is 28.6 Å². The van der Waals surface area contributed by atoms with E-state index >= 15 is 0 Å². The monoisotopic (exact) mass is 464 g/mol. The molecule has 0 saturated heterocycles. The van der Waals surface area contributed by atoms with Gasteiger partial charge in [0.15, 0.2) is 0 Å². The van der Waals surface area contributed by atoms with Crippen molar-refractivity contribution >= 4 is 29.0 Å². The summed E-state index contributed by atoms with van der Waals surface area (Å²) in [6, 6.07) is 17.0. The van der Waals surface area contributed by atoms with Gasteiger partial charge in [-0.1, -0.05) is 11.8 Å². The Labute approximate surface area is 194 Å². The highest BCUT2D eigenvalue weighted by molar-refractivity contribution is 8.00. The fourth-order valence-corrected chi connectivity index (χ4v) is 3.67. The maximum atomic E-state index is 12.5. The number of aromatic nitrogens is 1. The SMILES string of the molecule is CCOc1ccc(-c2ccc(C#N)c(SCC(=O)Nc3ccc(OC)cc3[N+](=O)[O-])n2)cc1. The smallest absolute Gasteiger partial charge is 0.296 e. The Hall–Kier alpha value is -4.10. The number of ether oxygens (including phenoxy) is 2. The van der Waals surface area contributed by atoms with E-state index in [4.69, 9.17) is 9.47 Å². The molecule has 2 aromatic carbocycles. The van der Waals surface area contributed by atoms with Crippen molar-refractivity contribution in [2.24, 2.45) is 0 Å². The molecular weight excluding hydrogens is 444 g/mol. The second-order valence-electron chi connectivity index (χ2n) is 6.60. The van der Waals surface area contributed by atoms with Gasteiger partial charge in [0.05, 0.1) is 41.7 Å². The number of hydrogen-bond acceptors (Lipinski definition) is 8. The number of nitro groups is 1. The van der Waals surface area contributed by atoms with E-state index in [9.17, 15) is 20.2 Å². The maximum Gasteiger partial charge on any atom is 0.296 e. The van der Waals surface area contributed by atoms with E-state index < -0.39 is 10.8 Å². The number of hydrogen-bond donors (Lipinski definition) is 1. The van der Waals surface area contributed by atoms with Crippen molar-refractivity contribution in [2.75, 3.05) is 24.8 Å². The average Bonchev–Trinajstić information content (AvgIpc) is 2.83. The summed E-state index contributed by atoms with van der Waals surface area (Å²) >= 11 is 1.08. The van der Waals surface area contributed by atoms with Crippen molar-refractivity contribution in [3.8, 4) is 28.8 Å². The Bertz CT molecular complexity index is 1210. The molecule has 9 nitrogen and oxygen atoms in total. The summed E-state index contributed by atoms with van der Waals surface area (Å²) in [7, 11) is 1.40. The molecule has 10 heteroatoms. The summed E-state index contributed by atoms with van der Waals surface area (Å²) in [6.45, 7) is 2.47. The van der Waals surface area contributed by atoms with E-state index in [1.807, 2.05) is 31.2 Å². The molecule has 0 aliphatic carbocycles. The molecular formula is C23H20N4O5S. The second kappa shape index (κ2) is 11.0. The van der Waals surface area contributed by atoms with E-state index in [-0.39, 0.29) is 17.1 Å². The molecule has 1 heterocycles. The summed E-state index contributed by atoms with van der Waals surface area (Å²) in [6.07, 6.45) is 0.